The Balaban J connectivity index is 0.00000243. The number of fused-ring (bicyclic) bond motifs is 1. The van der Waals surface area contributed by atoms with Crippen LogP contribution >= 0.6 is 12.4 Å². The van der Waals surface area contributed by atoms with Gasteiger partial charge < -0.3 is 19.8 Å². The SMILES string of the molecule is COc1ccc(CNCCc2c(C)[nH]c3ccc(C)cc23)cc1OC.Cl. The molecule has 0 saturated carbocycles. The molecule has 2 aromatic carbocycles. The predicted octanol–water partition coefficient (Wildman–Crippen LogP) is 4.56. The van der Waals surface area contributed by atoms with E-state index in [1.807, 2.05) is 12.1 Å². The van der Waals surface area contributed by atoms with E-state index in [2.05, 4.69) is 48.4 Å². The number of halogens is 1. The second kappa shape index (κ2) is 8.97. The molecular weight excluding hydrogens is 348 g/mol. The van der Waals surface area contributed by atoms with Gasteiger partial charge in [-0.05, 0) is 62.2 Å². The van der Waals surface area contributed by atoms with Crippen LogP contribution in [-0.4, -0.2) is 25.7 Å². The fourth-order valence-electron chi connectivity index (χ4n) is 3.26. The summed E-state index contributed by atoms with van der Waals surface area (Å²) in [6.07, 6.45) is 1.00. The van der Waals surface area contributed by atoms with Crippen LogP contribution in [0.2, 0.25) is 0 Å². The number of aryl methyl sites for hydroxylation is 2. The van der Waals surface area contributed by atoms with E-state index in [0.717, 1.165) is 31.0 Å². The molecule has 1 aromatic heterocycles. The molecule has 0 aliphatic rings. The summed E-state index contributed by atoms with van der Waals surface area (Å²) in [4.78, 5) is 3.48. The molecule has 0 bridgehead atoms. The zero-order chi connectivity index (χ0) is 17.8. The molecule has 0 radical (unpaired) electrons. The second-order valence-corrected chi connectivity index (χ2v) is 6.39. The van der Waals surface area contributed by atoms with Gasteiger partial charge in [-0.2, -0.15) is 0 Å². The van der Waals surface area contributed by atoms with E-state index in [4.69, 9.17) is 9.47 Å². The highest BCUT2D eigenvalue weighted by Crippen LogP contribution is 2.27. The zero-order valence-corrected chi connectivity index (χ0v) is 16.6. The number of hydrogen-bond acceptors (Lipinski definition) is 3. The number of H-pyrrole nitrogens is 1. The molecular formula is C21H27ClN2O2. The number of rotatable bonds is 7. The van der Waals surface area contributed by atoms with Crippen LogP contribution in [0.4, 0.5) is 0 Å². The molecule has 0 atom stereocenters. The molecule has 0 unspecified atom stereocenters. The first-order chi connectivity index (χ1) is 12.1. The van der Waals surface area contributed by atoms with E-state index < -0.39 is 0 Å². The maximum absolute atomic E-state index is 5.36. The third-order valence-electron chi connectivity index (χ3n) is 4.60. The quantitative estimate of drug-likeness (QED) is 0.596. The van der Waals surface area contributed by atoms with E-state index in [-0.39, 0.29) is 12.4 Å². The van der Waals surface area contributed by atoms with Crippen LogP contribution in [0.5, 0.6) is 11.5 Å². The van der Waals surface area contributed by atoms with Gasteiger partial charge >= 0.3 is 0 Å². The van der Waals surface area contributed by atoms with Crippen molar-refractivity contribution >= 4 is 23.3 Å². The van der Waals surface area contributed by atoms with Crippen molar-refractivity contribution in [3.05, 3.63) is 58.8 Å². The van der Waals surface area contributed by atoms with Crippen LogP contribution < -0.4 is 14.8 Å². The molecule has 0 fully saturated rings. The Hall–Kier alpha value is -2.17. The van der Waals surface area contributed by atoms with Crippen molar-refractivity contribution in [3.63, 3.8) is 0 Å². The number of hydrogen-bond donors (Lipinski definition) is 2. The van der Waals surface area contributed by atoms with Gasteiger partial charge in [0, 0.05) is 23.1 Å². The largest absolute Gasteiger partial charge is 0.493 e. The fraction of sp³-hybridized carbons (Fsp3) is 0.333. The first-order valence-corrected chi connectivity index (χ1v) is 8.62. The summed E-state index contributed by atoms with van der Waals surface area (Å²) >= 11 is 0. The van der Waals surface area contributed by atoms with Gasteiger partial charge in [0.1, 0.15) is 0 Å². The van der Waals surface area contributed by atoms with E-state index in [1.165, 1.54) is 33.3 Å². The molecule has 0 aliphatic heterocycles. The zero-order valence-electron chi connectivity index (χ0n) is 15.8. The topological polar surface area (TPSA) is 46.3 Å². The van der Waals surface area contributed by atoms with Gasteiger partial charge in [-0.25, -0.2) is 0 Å². The number of methoxy groups -OCH3 is 2. The Bertz CT molecular complexity index is 874. The van der Waals surface area contributed by atoms with Crippen molar-refractivity contribution in [2.75, 3.05) is 20.8 Å². The lowest BCUT2D eigenvalue weighted by atomic mass is 10.1. The average molecular weight is 375 g/mol. The third kappa shape index (κ3) is 4.32. The van der Waals surface area contributed by atoms with Gasteiger partial charge in [0.05, 0.1) is 14.2 Å². The van der Waals surface area contributed by atoms with Gasteiger partial charge in [-0.3, -0.25) is 0 Å². The van der Waals surface area contributed by atoms with Crippen LogP contribution in [0.3, 0.4) is 0 Å². The molecule has 1 heterocycles. The average Bonchev–Trinajstić information content (AvgIpc) is 2.93. The minimum Gasteiger partial charge on any atom is -0.493 e. The maximum atomic E-state index is 5.36. The lowest BCUT2D eigenvalue weighted by Gasteiger charge is -2.10. The lowest BCUT2D eigenvalue weighted by Crippen LogP contribution is -2.17. The van der Waals surface area contributed by atoms with Crippen molar-refractivity contribution < 1.29 is 9.47 Å². The summed E-state index contributed by atoms with van der Waals surface area (Å²) < 4.78 is 10.6. The molecule has 140 valence electrons. The number of aromatic nitrogens is 1. The molecule has 3 aromatic rings. The van der Waals surface area contributed by atoms with Crippen molar-refractivity contribution in [2.24, 2.45) is 0 Å². The Morgan fingerprint density at radius 2 is 1.73 bits per heavy atom. The Kier molecular flexibility index (Phi) is 6.95. The van der Waals surface area contributed by atoms with Crippen LogP contribution in [-0.2, 0) is 13.0 Å². The summed E-state index contributed by atoms with van der Waals surface area (Å²) in [5.74, 6) is 1.53. The van der Waals surface area contributed by atoms with Crippen molar-refractivity contribution in [3.8, 4) is 11.5 Å². The maximum Gasteiger partial charge on any atom is 0.161 e. The van der Waals surface area contributed by atoms with Gasteiger partial charge in [0.2, 0.25) is 0 Å². The first kappa shape index (κ1) is 20.1. The Morgan fingerprint density at radius 3 is 2.46 bits per heavy atom. The summed E-state index contributed by atoms with van der Waals surface area (Å²) in [5, 5.41) is 4.86. The minimum atomic E-state index is 0. The first-order valence-electron chi connectivity index (χ1n) is 8.62. The standard InChI is InChI=1S/C21H26N2O2.ClH/c1-14-5-7-19-18(11-14)17(15(2)23-19)9-10-22-13-16-6-8-20(24-3)21(12-16)25-4;/h5-8,11-12,22-23H,9-10,13H2,1-4H3;1H. The molecule has 3 rings (SSSR count). The number of benzene rings is 2. The van der Waals surface area contributed by atoms with Crippen LogP contribution in [0.1, 0.15) is 22.4 Å². The summed E-state index contributed by atoms with van der Waals surface area (Å²) in [6, 6.07) is 12.6. The van der Waals surface area contributed by atoms with Gasteiger partial charge in [-0.15, -0.1) is 12.4 Å². The van der Waals surface area contributed by atoms with Crippen LogP contribution in [0.15, 0.2) is 36.4 Å². The number of nitrogens with one attached hydrogen (secondary N) is 2. The molecule has 0 spiro atoms. The van der Waals surface area contributed by atoms with E-state index in [0.29, 0.717) is 0 Å². The lowest BCUT2D eigenvalue weighted by molar-refractivity contribution is 0.354. The van der Waals surface area contributed by atoms with Gasteiger partial charge in [-0.1, -0.05) is 17.7 Å². The Labute approximate surface area is 161 Å². The highest BCUT2D eigenvalue weighted by molar-refractivity contribution is 5.85. The van der Waals surface area contributed by atoms with E-state index >= 15 is 0 Å². The second-order valence-electron chi connectivity index (χ2n) is 6.39. The highest BCUT2D eigenvalue weighted by Gasteiger charge is 2.08. The van der Waals surface area contributed by atoms with Gasteiger partial charge in [0.25, 0.3) is 0 Å². The number of ether oxygens (including phenoxy) is 2. The normalized spacial score (nSPS) is 10.6. The van der Waals surface area contributed by atoms with Crippen LogP contribution in [0.25, 0.3) is 10.9 Å². The molecule has 5 heteroatoms. The molecule has 0 aliphatic carbocycles. The van der Waals surface area contributed by atoms with Crippen molar-refractivity contribution in [2.45, 2.75) is 26.8 Å². The summed E-state index contributed by atoms with van der Waals surface area (Å²) in [7, 11) is 3.32. The molecule has 4 nitrogen and oxygen atoms in total. The van der Waals surface area contributed by atoms with Crippen molar-refractivity contribution in [1.82, 2.24) is 10.3 Å². The van der Waals surface area contributed by atoms with E-state index in [1.54, 1.807) is 14.2 Å². The molecule has 0 saturated heterocycles. The minimum absolute atomic E-state index is 0. The molecule has 2 N–H and O–H groups in total. The highest BCUT2D eigenvalue weighted by atomic mass is 35.5. The summed E-state index contributed by atoms with van der Waals surface area (Å²) in [5.41, 5.74) is 6.36. The smallest absolute Gasteiger partial charge is 0.161 e. The molecule has 26 heavy (non-hydrogen) atoms. The van der Waals surface area contributed by atoms with Crippen molar-refractivity contribution in [1.29, 1.82) is 0 Å². The fourth-order valence-corrected chi connectivity index (χ4v) is 3.26. The monoisotopic (exact) mass is 374 g/mol. The Morgan fingerprint density at radius 1 is 0.962 bits per heavy atom. The third-order valence-corrected chi connectivity index (χ3v) is 4.60. The van der Waals surface area contributed by atoms with Gasteiger partial charge in [0.15, 0.2) is 11.5 Å². The molecule has 0 amide bonds. The number of aromatic amines is 1. The summed E-state index contributed by atoms with van der Waals surface area (Å²) in [6.45, 7) is 6.02. The van der Waals surface area contributed by atoms with E-state index in [9.17, 15) is 0 Å². The van der Waals surface area contributed by atoms with Crippen LogP contribution in [0, 0.1) is 13.8 Å². The predicted molar refractivity (Wildman–Crippen MR) is 110 cm³/mol.